The van der Waals surface area contributed by atoms with Crippen LogP contribution < -0.4 is 16.8 Å². The van der Waals surface area contributed by atoms with Crippen LogP contribution >= 0.6 is 23.4 Å². The van der Waals surface area contributed by atoms with Gasteiger partial charge in [0.2, 0.25) is 17.8 Å². The number of aromatic nitrogens is 3. The first-order valence-electron chi connectivity index (χ1n) is 5.94. The fraction of sp³-hybridized carbons (Fsp3) is 0.167. The lowest BCUT2D eigenvalue weighted by Crippen LogP contribution is -2.22. The summed E-state index contributed by atoms with van der Waals surface area (Å²) < 4.78 is 0. The van der Waals surface area contributed by atoms with Crippen molar-refractivity contribution in [2.45, 2.75) is 17.3 Å². The zero-order valence-electron chi connectivity index (χ0n) is 11.1. The Morgan fingerprint density at radius 3 is 2.57 bits per heavy atom. The molecule has 1 aromatic carbocycles. The second kappa shape index (κ2) is 6.59. The summed E-state index contributed by atoms with van der Waals surface area (Å²) in [6, 6.07) is 6.89. The largest absolute Gasteiger partial charge is 0.368 e. The van der Waals surface area contributed by atoms with Gasteiger partial charge < -0.3 is 16.8 Å². The lowest BCUT2D eigenvalue weighted by molar-refractivity contribution is -0.115. The highest BCUT2D eigenvalue weighted by Gasteiger charge is 2.17. The van der Waals surface area contributed by atoms with Gasteiger partial charge in [-0.3, -0.25) is 4.79 Å². The fourth-order valence-corrected chi connectivity index (χ4v) is 2.43. The molecule has 0 aliphatic rings. The van der Waals surface area contributed by atoms with Crippen LogP contribution in [0.25, 0.3) is 0 Å². The van der Waals surface area contributed by atoms with Gasteiger partial charge in [-0.05, 0) is 25.1 Å². The van der Waals surface area contributed by atoms with Crippen LogP contribution in [0.1, 0.15) is 6.92 Å². The number of carbonyl (C=O) groups is 1. The van der Waals surface area contributed by atoms with E-state index < -0.39 is 5.25 Å². The average Bonchev–Trinajstić information content (AvgIpc) is 2.37. The lowest BCUT2D eigenvalue weighted by Gasteiger charge is -2.11. The number of nitrogens with two attached hydrogens (primary N) is 2. The van der Waals surface area contributed by atoms with Crippen molar-refractivity contribution < 1.29 is 4.79 Å². The number of rotatable bonds is 4. The molecule has 110 valence electrons. The Morgan fingerprint density at radius 1 is 1.29 bits per heavy atom. The predicted octanol–water partition coefficient (Wildman–Crippen LogP) is 1.81. The summed E-state index contributed by atoms with van der Waals surface area (Å²) in [6.45, 7) is 1.72. The normalized spacial score (nSPS) is 11.9. The van der Waals surface area contributed by atoms with Crippen LogP contribution in [0.15, 0.2) is 29.4 Å². The minimum Gasteiger partial charge on any atom is -0.368 e. The number of halogens is 1. The average molecular weight is 325 g/mol. The molecule has 0 saturated carbocycles. The maximum absolute atomic E-state index is 12.1. The van der Waals surface area contributed by atoms with Crippen molar-refractivity contribution in [2.24, 2.45) is 0 Å². The van der Waals surface area contributed by atoms with Gasteiger partial charge in [0.05, 0.1) is 5.25 Å². The van der Waals surface area contributed by atoms with E-state index in [-0.39, 0.29) is 17.8 Å². The molecule has 0 spiro atoms. The third-order valence-corrected chi connectivity index (χ3v) is 3.59. The molecule has 7 nitrogen and oxygen atoms in total. The highest BCUT2D eigenvalue weighted by Crippen LogP contribution is 2.22. The quantitative estimate of drug-likeness (QED) is 0.733. The Labute approximate surface area is 130 Å². The maximum atomic E-state index is 12.1. The van der Waals surface area contributed by atoms with Gasteiger partial charge in [0, 0.05) is 10.7 Å². The molecule has 0 unspecified atom stereocenters. The van der Waals surface area contributed by atoms with Gasteiger partial charge in [0.25, 0.3) is 0 Å². The van der Waals surface area contributed by atoms with Crippen LogP contribution in [-0.2, 0) is 4.79 Å². The summed E-state index contributed by atoms with van der Waals surface area (Å²) >= 11 is 7.00. The summed E-state index contributed by atoms with van der Waals surface area (Å²) in [4.78, 5) is 23.6. The summed E-state index contributed by atoms with van der Waals surface area (Å²) in [5, 5.41) is 3.16. The molecule has 1 amide bonds. The first-order valence-corrected chi connectivity index (χ1v) is 7.20. The van der Waals surface area contributed by atoms with Crippen molar-refractivity contribution in [1.82, 2.24) is 15.0 Å². The fourth-order valence-electron chi connectivity index (χ4n) is 1.46. The van der Waals surface area contributed by atoms with Gasteiger partial charge in [0.15, 0.2) is 5.16 Å². The van der Waals surface area contributed by atoms with E-state index in [9.17, 15) is 4.79 Å². The van der Waals surface area contributed by atoms with Crippen LogP contribution in [0.5, 0.6) is 0 Å². The number of nitrogens with zero attached hydrogens (tertiary/aromatic N) is 3. The van der Waals surface area contributed by atoms with Crippen LogP contribution in [0.3, 0.4) is 0 Å². The van der Waals surface area contributed by atoms with Crippen LogP contribution in [0.4, 0.5) is 17.6 Å². The van der Waals surface area contributed by atoms with E-state index in [0.717, 1.165) is 11.8 Å². The first kappa shape index (κ1) is 15.3. The number of hydrogen-bond acceptors (Lipinski definition) is 7. The number of nitrogens with one attached hydrogen (secondary N) is 1. The van der Waals surface area contributed by atoms with E-state index in [1.165, 1.54) is 0 Å². The molecule has 1 aromatic heterocycles. The third-order valence-electron chi connectivity index (χ3n) is 2.39. The van der Waals surface area contributed by atoms with E-state index >= 15 is 0 Å². The highest BCUT2D eigenvalue weighted by atomic mass is 35.5. The van der Waals surface area contributed by atoms with E-state index in [2.05, 4.69) is 20.3 Å². The third kappa shape index (κ3) is 4.47. The molecule has 0 radical (unpaired) electrons. The molecule has 9 heteroatoms. The second-order valence-electron chi connectivity index (χ2n) is 4.09. The molecule has 2 rings (SSSR count). The molecular weight excluding hydrogens is 312 g/mol. The van der Waals surface area contributed by atoms with Crippen molar-refractivity contribution in [3.63, 3.8) is 0 Å². The number of benzene rings is 1. The number of amides is 1. The summed E-state index contributed by atoms with van der Waals surface area (Å²) in [5.41, 5.74) is 11.6. The van der Waals surface area contributed by atoms with Crippen molar-refractivity contribution in [2.75, 3.05) is 16.8 Å². The van der Waals surface area contributed by atoms with Crippen LogP contribution in [-0.4, -0.2) is 26.1 Å². The van der Waals surface area contributed by atoms with Crippen molar-refractivity contribution in [1.29, 1.82) is 0 Å². The van der Waals surface area contributed by atoms with Gasteiger partial charge >= 0.3 is 0 Å². The molecule has 1 atom stereocenters. The number of nitrogen functional groups attached to an aromatic ring is 2. The minimum atomic E-state index is -0.440. The standard InChI is InChI=1S/C12H13ClN6OS/c1-6(21-12-18-10(14)17-11(15)19-12)9(20)16-8-4-2-3-7(13)5-8/h2-6H,1H3,(H,16,20)(H4,14,15,17,18,19)/t6-/m0/s1. The Hall–Kier alpha value is -2.06. The molecular formula is C12H13ClN6OS. The zero-order valence-corrected chi connectivity index (χ0v) is 12.6. The monoisotopic (exact) mass is 324 g/mol. The summed E-state index contributed by atoms with van der Waals surface area (Å²) in [6.07, 6.45) is 0. The lowest BCUT2D eigenvalue weighted by atomic mass is 10.3. The Balaban J connectivity index is 2.02. The van der Waals surface area contributed by atoms with Crippen LogP contribution in [0, 0.1) is 0 Å². The molecule has 2 aromatic rings. The summed E-state index contributed by atoms with van der Waals surface area (Å²) in [5.74, 6) is -0.167. The minimum absolute atomic E-state index is 0.0208. The van der Waals surface area contributed by atoms with E-state index in [1.54, 1.807) is 31.2 Å². The van der Waals surface area contributed by atoms with Crippen molar-refractivity contribution in [3.8, 4) is 0 Å². The van der Waals surface area contributed by atoms with E-state index in [0.29, 0.717) is 15.9 Å². The molecule has 5 N–H and O–H groups in total. The topological polar surface area (TPSA) is 120 Å². The van der Waals surface area contributed by atoms with Gasteiger partial charge in [-0.1, -0.05) is 29.4 Å². The summed E-state index contributed by atoms with van der Waals surface area (Å²) in [7, 11) is 0. The van der Waals surface area contributed by atoms with Gasteiger partial charge in [0.1, 0.15) is 0 Å². The van der Waals surface area contributed by atoms with Gasteiger partial charge in [-0.15, -0.1) is 0 Å². The molecule has 0 fully saturated rings. The second-order valence-corrected chi connectivity index (χ2v) is 5.84. The molecule has 1 heterocycles. The number of hydrogen-bond donors (Lipinski definition) is 3. The molecule has 21 heavy (non-hydrogen) atoms. The smallest absolute Gasteiger partial charge is 0.237 e. The molecule has 0 aliphatic carbocycles. The van der Waals surface area contributed by atoms with Gasteiger partial charge in [-0.2, -0.15) is 15.0 Å². The van der Waals surface area contributed by atoms with Crippen molar-refractivity contribution in [3.05, 3.63) is 29.3 Å². The maximum Gasteiger partial charge on any atom is 0.237 e. The van der Waals surface area contributed by atoms with Crippen LogP contribution in [0.2, 0.25) is 5.02 Å². The number of carbonyl (C=O) groups excluding carboxylic acids is 1. The molecule has 0 saturated heterocycles. The number of thioether (sulfide) groups is 1. The van der Waals surface area contributed by atoms with Crippen molar-refractivity contribution >= 4 is 46.9 Å². The highest BCUT2D eigenvalue weighted by molar-refractivity contribution is 8.00. The number of anilines is 3. The van der Waals surface area contributed by atoms with Gasteiger partial charge in [-0.25, -0.2) is 0 Å². The SMILES string of the molecule is C[C@H](Sc1nc(N)nc(N)n1)C(=O)Nc1cccc(Cl)c1. The molecule has 0 aliphatic heterocycles. The Morgan fingerprint density at radius 2 is 1.95 bits per heavy atom. The zero-order chi connectivity index (χ0) is 15.4. The predicted molar refractivity (Wildman–Crippen MR) is 84.1 cm³/mol. The Kier molecular flexibility index (Phi) is 4.81. The first-order chi connectivity index (χ1) is 9.94. The van der Waals surface area contributed by atoms with E-state index in [4.69, 9.17) is 23.1 Å². The van der Waals surface area contributed by atoms with E-state index in [1.807, 2.05) is 0 Å². The molecule has 0 bridgehead atoms. The Bertz CT molecular complexity index is 648.